The van der Waals surface area contributed by atoms with Crippen LogP contribution in [0.5, 0.6) is 93.3 Å². The van der Waals surface area contributed by atoms with Gasteiger partial charge in [-0.15, -0.1) is 0 Å². The van der Waals surface area contributed by atoms with E-state index in [1.807, 2.05) is 0 Å². The molecule has 0 fully saturated rings. The van der Waals surface area contributed by atoms with Crippen LogP contribution >= 0.6 is 45.4 Å². The Bertz CT molecular complexity index is 8480. The van der Waals surface area contributed by atoms with Gasteiger partial charge in [0.15, 0.2) is 26.9 Å². The summed E-state index contributed by atoms with van der Waals surface area (Å²) in [6.45, 7) is -5.05. The third-order valence-electron chi connectivity index (χ3n) is 24.8. The highest BCUT2D eigenvalue weighted by Gasteiger charge is 2.47. The van der Waals surface area contributed by atoms with E-state index in [0.29, 0.717) is 104 Å². The summed E-state index contributed by atoms with van der Waals surface area (Å²) in [5, 5.41) is 85.1. The molecule has 5 aliphatic rings. The zero-order valence-corrected chi connectivity index (χ0v) is 77.9. The van der Waals surface area contributed by atoms with Crippen molar-refractivity contribution < 1.29 is 100 Å². The fraction of sp³-hybridized carbons (Fsp3) is 0.103. The normalized spacial score (nSPS) is 18.1. The lowest BCUT2D eigenvalue weighted by Crippen LogP contribution is -2.31. The third kappa shape index (κ3) is 14.8. The Morgan fingerprint density at radius 1 is 0.223 bits per heavy atom. The number of fused-ring (bicyclic) bond motifs is 15. The van der Waals surface area contributed by atoms with Crippen molar-refractivity contribution in [2.24, 2.45) is 0 Å². The van der Waals surface area contributed by atoms with Crippen molar-refractivity contribution in [3.8, 4) is 160 Å². The lowest BCUT2D eigenvalue weighted by atomic mass is 10.0. The number of imidazole rings is 5. The third-order valence-corrected chi connectivity index (χ3v) is 37.4. The Labute approximate surface area is 786 Å². The van der Waals surface area contributed by atoms with E-state index in [1.54, 1.807) is 249 Å². The maximum atomic E-state index is 16.8. The molecule has 36 nitrogen and oxygen atoms in total. The van der Waals surface area contributed by atoms with Gasteiger partial charge in [0.1, 0.15) is 65.9 Å². The average molecular weight is 1980 g/mol. The molecule has 6 atom stereocenters. The summed E-state index contributed by atoms with van der Waals surface area (Å²) in [5.41, 5.74) is -0.551. The Kier molecular flexibility index (Phi) is 21.7. The molecule has 42 heteroatoms. The van der Waals surface area contributed by atoms with Gasteiger partial charge in [-0.2, -0.15) is 0 Å². The topological polar surface area (TPSA) is 445 Å². The Morgan fingerprint density at radius 2 is 0.439 bits per heavy atom. The molecule has 12 aromatic carbocycles. The Morgan fingerprint density at radius 3 is 0.763 bits per heavy atom. The first-order chi connectivity index (χ1) is 67.2. The minimum atomic E-state index is -4.69. The van der Waals surface area contributed by atoms with Gasteiger partial charge < -0.3 is 77.3 Å². The summed E-state index contributed by atoms with van der Waals surface area (Å²) in [7, 11) is -23.0. The number of hydrogen-bond donors (Lipinski definition) is 7. The fourth-order valence-electron chi connectivity index (χ4n) is 18.2. The predicted molar refractivity (Wildman–Crippen MR) is 516 cm³/mol. The number of rotatable bonds is 26. The number of aromatic hydroxyl groups is 7. The number of aromatic nitrogens is 10. The molecule has 139 heavy (non-hydrogen) atoms. The smallest absolute Gasteiger partial charge is 0.337 e. The second kappa shape index (κ2) is 34.1. The fourth-order valence-corrected chi connectivity index (χ4v) is 30.8. The first-order valence-corrected chi connectivity index (χ1v) is 53.3. The van der Waals surface area contributed by atoms with Gasteiger partial charge in [-0.1, -0.05) is 233 Å². The molecular formula is C97H76N10O26P6. The minimum Gasteiger partial charge on any atom is -0.507 e. The molecule has 0 radical (unpaired) electrons. The van der Waals surface area contributed by atoms with Crippen LogP contribution in [0.1, 0.15) is 0 Å². The SMILES string of the molecule is O=c1n(COc2c(O)n(COc3c(OCn4c(O)c(OCn5c(O)c(O)n(CP6(=O)Oc7ccccc7-c7ccccc76)c5=O)n(CP5(=O)Oc6ccccc6-c6ccccc65)c4=O)n(CP4(=O)Oc5ccccc5-c5ccccc54)c(=O)n3CP3(=O)Oc4ccccc4-c4ccccc43)c(=O)n2CP2(=O)Oc3ccccc3-c3ccccc32)c(O)c(O)n1CPc1ccccc1-c1ccccc1O. The molecular weight excluding hydrogens is 1910 g/mol. The zero-order valence-electron chi connectivity index (χ0n) is 72.4. The van der Waals surface area contributed by atoms with E-state index < -0.39 is 182 Å². The lowest BCUT2D eigenvalue weighted by molar-refractivity contribution is 0.158. The zero-order chi connectivity index (χ0) is 95.9. The van der Waals surface area contributed by atoms with Gasteiger partial charge in [-0.05, 0) is 105 Å². The van der Waals surface area contributed by atoms with Gasteiger partial charge in [0.2, 0.25) is 0 Å². The number of phenols is 1. The molecule has 17 aromatic rings. The van der Waals surface area contributed by atoms with Crippen LogP contribution < -0.4 is 102 Å². The number of nitrogens with zero attached hydrogens (tertiary/aromatic N) is 10. The molecule has 0 saturated heterocycles. The van der Waals surface area contributed by atoms with E-state index >= 15 is 37.2 Å². The standard InChI is InChI=1S/C97H76N10O26P6/c108-71-37-13-1-25-59(71)65-31-7-19-43-77(65)134-53-102-85(111)83(109)98(93(102)115)49-125-89-87(113)100(95(117)104(89)55-136(121)79-45-21-9-33-67(79)61-27-3-15-39-73(61)130-136)51-127-91-92(107(58-139(124)82-48-24-12-36-70(82)64-30-6-18-42-76(64)133-139)97(119)106(91)57-138(123)81-47-23-11-35-69(81)63-29-5-17-41-75(63)132-138)128-52-101-88(114)90(105(96(101)118)56-137(122)80-46-22-10-34-68(80)62-28-4-16-40-74(62)131-137)126-50-99-84(110)86(112)103(94(99)116)54-135(120)78-44-20-8-32-66(78)60-26-2-14-38-72(60)129-135/h1-48,108-114,134H,49-58H2. The van der Waals surface area contributed by atoms with Crippen molar-refractivity contribution in [2.75, 3.05) is 0 Å². The summed E-state index contributed by atoms with van der Waals surface area (Å²) in [6.07, 6.45) is -5.25. The van der Waals surface area contributed by atoms with Crippen molar-refractivity contribution >= 4 is 77.3 Å². The van der Waals surface area contributed by atoms with Gasteiger partial charge in [-0.3, -0.25) is 27.4 Å². The van der Waals surface area contributed by atoms with Crippen LogP contribution in [-0.2, 0) is 87.5 Å². The number of ether oxygens (including phenoxy) is 4. The molecule has 0 saturated carbocycles. The first kappa shape index (κ1) is 88.4. The van der Waals surface area contributed by atoms with Crippen molar-refractivity contribution in [1.29, 1.82) is 0 Å². The molecule has 5 aromatic heterocycles. The van der Waals surface area contributed by atoms with Crippen LogP contribution in [0.25, 0.3) is 66.8 Å². The second-order valence-electron chi connectivity index (χ2n) is 32.9. The molecule has 10 heterocycles. The largest absolute Gasteiger partial charge is 0.507 e. The Balaban J connectivity index is 0.692. The predicted octanol–water partition coefficient (Wildman–Crippen LogP) is 14.3. The number of para-hydroxylation sites is 6. The molecule has 0 amide bonds. The summed E-state index contributed by atoms with van der Waals surface area (Å²) in [4.78, 5) is 78.6. The maximum Gasteiger partial charge on any atom is 0.337 e. The number of benzene rings is 12. The molecule has 6 unspecified atom stereocenters. The van der Waals surface area contributed by atoms with Crippen LogP contribution in [0, 0.1) is 0 Å². The van der Waals surface area contributed by atoms with Gasteiger partial charge >= 0.3 is 28.4 Å². The lowest BCUT2D eigenvalue weighted by Gasteiger charge is -2.29. The minimum absolute atomic E-state index is 0.0273. The summed E-state index contributed by atoms with van der Waals surface area (Å²) < 4.78 is 146. The Hall–Kier alpha value is -15.9. The molecule has 5 aliphatic heterocycles. The molecule has 7 N–H and O–H groups in total. The molecule has 0 aliphatic carbocycles. The van der Waals surface area contributed by atoms with E-state index in [-0.39, 0.29) is 75.9 Å². The monoisotopic (exact) mass is 1980 g/mol. The van der Waals surface area contributed by atoms with E-state index in [2.05, 4.69) is 0 Å². The second-order valence-corrected chi connectivity index (χ2v) is 45.6. The van der Waals surface area contributed by atoms with Crippen molar-refractivity contribution in [3.05, 3.63) is 344 Å². The van der Waals surface area contributed by atoms with Crippen LogP contribution in [-0.4, -0.2) is 81.4 Å². The highest BCUT2D eigenvalue weighted by molar-refractivity contribution is 7.68. The summed E-state index contributed by atoms with van der Waals surface area (Å²) >= 11 is 0. The van der Waals surface area contributed by atoms with E-state index in [9.17, 15) is 45.3 Å². The highest BCUT2D eigenvalue weighted by Crippen LogP contribution is 2.63. The maximum absolute atomic E-state index is 16.8. The van der Waals surface area contributed by atoms with Crippen LogP contribution in [0.15, 0.2) is 315 Å². The van der Waals surface area contributed by atoms with Crippen molar-refractivity contribution in [1.82, 2.24) is 45.7 Å². The van der Waals surface area contributed by atoms with E-state index in [1.165, 1.54) is 42.5 Å². The van der Waals surface area contributed by atoms with Gasteiger partial charge in [0.25, 0.3) is 95.6 Å². The highest BCUT2D eigenvalue weighted by atomic mass is 31.2. The van der Waals surface area contributed by atoms with Gasteiger partial charge in [0.05, 0.1) is 32.8 Å². The molecule has 700 valence electrons. The number of hydrogen-bond acceptors (Lipinski definition) is 26. The van der Waals surface area contributed by atoms with E-state index in [0.717, 1.165) is 13.7 Å². The number of phenolic OH excluding ortho intramolecular Hbond substituents is 1. The summed E-state index contributed by atoms with van der Waals surface area (Å²) in [6, 6.07) is 79.1. The quantitative estimate of drug-likeness (QED) is 0.0248. The van der Waals surface area contributed by atoms with Crippen molar-refractivity contribution in [3.63, 3.8) is 0 Å². The van der Waals surface area contributed by atoms with Crippen LogP contribution in [0.4, 0.5) is 0 Å². The molecule has 0 spiro atoms. The average Bonchev–Trinajstić information content (AvgIpc) is 1.64. The van der Waals surface area contributed by atoms with Crippen LogP contribution in [0.2, 0.25) is 0 Å². The molecule has 0 bridgehead atoms. The first-order valence-electron chi connectivity index (χ1n) is 43.0. The van der Waals surface area contributed by atoms with Gasteiger partial charge in [0, 0.05) is 33.4 Å². The summed E-state index contributed by atoms with van der Waals surface area (Å²) in [5.74, 6) is -9.74. The molecule has 22 rings (SSSR count). The van der Waals surface area contributed by atoms with Crippen LogP contribution in [0.3, 0.4) is 0 Å². The van der Waals surface area contributed by atoms with Crippen molar-refractivity contribution in [2.45, 2.75) is 64.6 Å². The van der Waals surface area contributed by atoms with E-state index in [4.69, 9.17) is 41.6 Å². The van der Waals surface area contributed by atoms with Gasteiger partial charge in [-0.25, -0.2) is 65.1 Å².